The van der Waals surface area contributed by atoms with Crippen molar-refractivity contribution in [3.63, 3.8) is 0 Å². The summed E-state index contributed by atoms with van der Waals surface area (Å²) < 4.78 is 0. The second-order valence-corrected chi connectivity index (χ2v) is 8.39. The summed E-state index contributed by atoms with van der Waals surface area (Å²) in [5.74, 6) is -3.07. The number of carboxylic acids is 1. The predicted molar refractivity (Wildman–Crippen MR) is 132 cm³/mol. The number of nitrogens with two attached hydrogens (primary N) is 1. The van der Waals surface area contributed by atoms with E-state index in [2.05, 4.69) is 20.9 Å². The second kappa shape index (κ2) is 11.8. The maximum Gasteiger partial charge on any atom is 0.326 e. The monoisotopic (exact) mass is 495 g/mol. The van der Waals surface area contributed by atoms with Crippen LogP contribution in [-0.4, -0.2) is 63.6 Å². The van der Waals surface area contributed by atoms with Gasteiger partial charge in [-0.1, -0.05) is 30.3 Å². The third-order valence-corrected chi connectivity index (χ3v) is 5.68. The van der Waals surface area contributed by atoms with Gasteiger partial charge in [0.1, 0.15) is 23.9 Å². The summed E-state index contributed by atoms with van der Waals surface area (Å²) in [5, 5.41) is 27.6. The topological polar surface area (TPSA) is 187 Å². The molecule has 0 saturated heterocycles. The normalized spacial score (nSPS) is 13.4. The summed E-state index contributed by atoms with van der Waals surface area (Å²) in [6.07, 6.45) is 1.77. The number of aliphatic carboxylic acids is 1. The Balaban J connectivity index is 1.81. The Kier molecular flexibility index (Phi) is 8.63. The summed E-state index contributed by atoms with van der Waals surface area (Å²) >= 11 is 0. The average molecular weight is 496 g/mol. The van der Waals surface area contributed by atoms with Crippen molar-refractivity contribution in [1.29, 1.82) is 0 Å². The molecule has 3 rings (SSSR count). The number of phenolic OH excluding ortho intramolecular Hbond substituents is 1. The van der Waals surface area contributed by atoms with Crippen LogP contribution in [0.2, 0.25) is 0 Å². The predicted octanol–water partition coefficient (Wildman–Crippen LogP) is 0.176. The van der Waals surface area contributed by atoms with Gasteiger partial charge >= 0.3 is 5.97 Å². The number of benzene rings is 2. The maximum atomic E-state index is 13.3. The molecule has 3 aromatic rings. The summed E-state index contributed by atoms with van der Waals surface area (Å²) in [5.41, 5.74) is 7.47. The van der Waals surface area contributed by atoms with Gasteiger partial charge in [0.25, 0.3) is 0 Å². The summed E-state index contributed by atoms with van der Waals surface area (Å²) in [6, 6.07) is 10.0. The van der Waals surface area contributed by atoms with Crippen LogP contribution in [-0.2, 0) is 32.0 Å². The highest BCUT2D eigenvalue weighted by Gasteiger charge is 2.29. The van der Waals surface area contributed by atoms with Crippen molar-refractivity contribution in [3.8, 4) is 5.75 Å². The number of fused-ring (bicyclic) bond motifs is 1. The lowest BCUT2D eigenvalue weighted by atomic mass is 10.0. The number of carbonyl (C=O) groups excluding carboxylic acids is 3. The number of phenols is 1. The lowest BCUT2D eigenvalue weighted by molar-refractivity contribution is -0.142. The molecule has 3 atom stereocenters. The quantitative estimate of drug-likeness (QED) is 0.198. The third-order valence-electron chi connectivity index (χ3n) is 5.68. The maximum absolute atomic E-state index is 13.3. The molecule has 11 heteroatoms. The SMILES string of the molecule is CC(NC(=O)CN)C(=O)NC(Cc1c[nH]c2ccccc12)C(=O)NC(Cc1ccc(O)cc1)C(=O)O. The van der Waals surface area contributed by atoms with Crippen molar-refractivity contribution in [1.82, 2.24) is 20.9 Å². The molecular formula is C25H29N5O6. The minimum atomic E-state index is -1.28. The van der Waals surface area contributed by atoms with Gasteiger partial charge in [-0.3, -0.25) is 14.4 Å². The lowest BCUT2D eigenvalue weighted by Gasteiger charge is -2.23. The van der Waals surface area contributed by atoms with Crippen LogP contribution in [0.5, 0.6) is 5.75 Å². The van der Waals surface area contributed by atoms with Crippen molar-refractivity contribution in [2.45, 2.75) is 37.9 Å². The van der Waals surface area contributed by atoms with E-state index in [0.29, 0.717) is 5.56 Å². The molecule has 0 radical (unpaired) electrons. The van der Waals surface area contributed by atoms with Crippen LogP contribution in [0.1, 0.15) is 18.1 Å². The molecule has 190 valence electrons. The van der Waals surface area contributed by atoms with E-state index in [9.17, 15) is 29.4 Å². The van der Waals surface area contributed by atoms with Gasteiger partial charge in [0.2, 0.25) is 17.7 Å². The molecule has 2 aromatic carbocycles. The molecule has 0 aliphatic rings. The number of nitrogens with one attached hydrogen (secondary N) is 4. The molecule has 8 N–H and O–H groups in total. The van der Waals surface area contributed by atoms with Crippen LogP contribution in [0.4, 0.5) is 0 Å². The Morgan fingerprint density at radius 2 is 1.58 bits per heavy atom. The van der Waals surface area contributed by atoms with Gasteiger partial charge in [-0.05, 0) is 36.2 Å². The Morgan fingerprint density at radius 1 is 0.917 bits per heavy atom. The molecule has 1 aromatic heterocycles. The zero-order valence-electron chi connectivity index (χ0n) is 19.7. The highest BCUT2D eigenvalue weighted by Crippen LogP contribution is 2.19. The van der Waals surface area contributed by atoms with Gasteiger partial charge in [-0.15, -0.1) is 0 Å². The number of aromatic amines is 1. The molecule has 11 nitrogen and oxygen atoms in total. The van der Waals surface area contributed by atoms with E-state index in [1.165, 1.54) is 19.1 Å². The molecule has 3 amide bonds. The Labute approximate surface area is 207 Å². The van der Waals surface area contributed by atoms with E-state index >= 15 is 0 Å². The summed E-state index contributed by atoms with van der Waals surface area (Å²) in [6.45, 7) is 1.16. The molecule has 3 unspecified atom stereocenters. The number of carbonyl (C=O) groups is 4. The molecule has 0 spiro atoms. The first kappa shape index (κ1) is 26.2. The van der Waals surface area contributed by atoms with Crippen molar-refractivity contribution in [2.24, 2.45) is 5.73 Å². The number of amides is 3. The lowest BCUT2D eigenvalue weighted by Crippen LogP contribution is -2.56. The second-order valence-electron chi connectivity index (χ2n) is 8.39. The van der Waals surface area contributed by atoms with Crippen LogP contribution in [0.15, 0.2) is 54.7 Å². The minimum Gasteiger partial charge on any atom is -0.508 e. The number of hydrogen-bond donors (Lipinski definition) is 7. The van der Waals surface area contributed by atoms with Gasteiger partial charge in [0, 0.05) is 29.9 Å². The minimum absolute atomic E-state index is 0.0297. The third kappa shape index (κ3) is 6.83. The number of rotatable bonds is 11. The number of hydrogen-bond acceptors (Lipinski definition) is 6. The van der Waals surface area contributed by atoms with E-state index in [4.69, 9.17) is 5.73 Å². The number of aromatic nitrogens is 1. The summed E-state index contributed by atoms with van der Waals surface area (Å²) in [4.78, 5) is 52.6. The van der Waals surface area contributed by atoms with Crippen LogP contribution < -0.4 is 21.7 Å². The van der Waals surface area contributed by atoms with Gasteiger partial charge in [0.15, 0.2) is 0 Å². The molecule has 0 aliphatic heterocycles. The number of para-hydroxylation sites is 1. The zero-order chi connectivity index (χ0) is 26.2. The van der Waals surface area contributed by atoms with Crippen LogP contribution in [0, 0.1) is 0 Å². The standard InChI is InChI=1S/C25H29N5O6/c1-14(28-22(32)12-26)23(33)29-20(11-16-13-27-19-5-3-2-4-18(16)19)24(34)30-21(25(35)36)10-15-6-8-17(31)9-7-15/h2-9,13-14,20-21,27,31H,10-12,26H2,1H3,(H,28,32)(H,29,33)(H,30,34)(H,35,36). The Bertz CT molecular complexity index is 1240. The van der Waals surface area contributed by atoms with E-state index in [0.717, 1.165) is 16.5 Å². The zero-order valence-corrected chi connectivity index (χ0v) is 19.7. The van der Waals surface area contributed by atoms with Gasteiger partial charge in [-0.2, -0.15) is 0 Å². The van der Waals surface area contributed by atoms with E-state index in [1.807, 2.05) is 24.3 Å². The Hall–Kier alpha value is -4.38. The fraction of sp³-hybridized carbons (Fsp3) is 0.280. The highest BCUT2D eigenvalue weighted by molar-refractivity contribution is 5.94. The largest absolute Gasteiger partial charge is 0.508 e. The van der Waals surface area contributed by atoms with E-state index in [-0.39, 0.29) is 25.1 Å². The molecular weight excluding hydrogens is 466 g/mol. The van der Waals surface area contributed by atoms with Crippen LogP contribution in [0.25, 0.3) is 10.9 Å². The first-order chi connectivity index (χ1) is 17.2. The fourth-order valence-corrected chi connectivity index (χ4v) is 3.73. The van der Waals surface area contributed by atoms with Crippen molar-refractivity contribution < 1.29 is 29.4 Å². The van der Waals surface area contributed by atoms with Crippen molar-refractivity contribution >= 4 is 34.6 Å². The number of H-pyrrole nitrogens is 1. The smallest absolute Gasteiger partial charge is 0.326 e. The van der Waals surface area contributed by atoms with Gasteiger partial charge < -0.3 is 36.9 Å². The molecule has 0 bridgehead atoms. The molecule has 0 fully saturated rings. The fourth-order valence-electron chi connectivity index (χ4n) is 3.73. The molecule has 36 heavy (non-hydrogen) atoms. The average Bonchev–Trinajstić information content (AvgIpc) is 3.26. The van der Waals surface area contributed by atoms with E-state index in [1.54, 1.807) is 18.3 Å². The molecule has 1 heterocycles. The number of carboxylic acid groups (broad SMARTS) is 1. The van der Waals surface area contributed by atoms with Crippen molar-refractivity contribution in [3.05, 3.63) is 65.9 Å². The first-order valence-electron chi connectivity index (χ1n) is 11.3. The van der Waals surface area contributed by atoms with Crippen molar-refractivity contribution in [2.75, 3.05) is 6.54 Å². The summed E-state index contributed by atoms with van der Waals surface area (Å²) in [7, 11) is 0. The van der Waals surface area contributed by atoms with E-state index < -0.39 is 41.8 Å². The van der Waals surface area contributed by atoms with Gasteiger partial charge in [0.05, 0.1) is 6.54 Å². The van der Waals surface area contributed by atoms with Crippen LogP contribution >= 0.6 is 0 Å². The molecule has 0 saturated carbocycles. The molecule has 0 aliphatic carbocycles. The number of aromatic hydroxyl groups is 1. The first-order valence-corrected chi connectivity index (χ1v) is 11.3. The Morgan fingerprint density at radius 3 is 2.25 bits per heavy atom. The van der Waals surface area contributed by atoms with Gasteiger partial charge in [-0.25, -0.2) is 4.79 Å². The highest BCUT2D eigenvalue weighted by atomic mass is 16.4. The van der Waals surface area contributed by atoms with Crippen LogP contribution in [0.3, 0.4) is 0 Å².